The van der Waals surface area contributed by atoms with E-state index < -0.39 is 5.41 Å². The van der Waals surface area contributed by atoms with Crippen molar-refractivity contribution in [3.8, 4) is 6.07 Å². The van der Waals surface area contributed by atoms with Gasteiger partial charge in [-0.05, 0) is 30.4 Å². The first kappa shape index (κ1) is 13.8. The lowest BCUT2D eigenvalue weighted by atomic mass is 9.90. The molecular formula is C18H20N2O2. The van der Waals surface area contributed by atoms with Gasteiger partial charge in [-0.2, -0.15) is 5.26 Å². The SMILES string of the molecule is N#C[C@]1(C(=O)N[C@H]2COCc3ccccc32)CC12CCCC2. The average Bonchev–Trinajstić information content (AvgIpc) is 2.94. The van der Waals surface area contributed by atoms with Gasteiger partial charge in [0.15, 0.2) is 0 Å². The highest BCUT2D eigenvalue weighted by Crippen LogP contribution is 2.71. The molecule has 1 spiro atoms. The van der Waals surface area contributed by atoms with Crippen molar-refractivity contribution in [3.05, 3.63) is 35.4 Å². The fraction of sp³-hybridized carbons (Fsp3) is 0.556. The minimum Gasteiger partial charge on any atom is -0.374 e. The number of hydrogen-bond acceptors (Lipinski definition) is 3. The molecule has 0 saturated heterocycles. The first-order chi connectivity index (χ1) is 10.7. The number of nitriles is 1. The summed E-state index contributed by atoms with van der Waals surface area (Å²) in [5, 5.41) is 12.7. The number of benzene rings is 1. The minimum absolute atomic E-state index is 0.0408. The summed E-state index contributed by atoms with van der Waals surface area (Å²) in [7, 11) is 0. The molecule has 3 aliphatic rings. The molecule has 2 saturated carbocycles. The molecule has 1 aliphatic heterocycles. The molecule has 2 fully saturated rings. The van der Waals surface area contributed by atoms with Gasteiger partial charge in [-0.15, -0.1) is 0 Å². The quantitative estimate of drug-likeness (QED) is 0.912. The molecule has 2 aliphatic carbocycles. The lowest BCUT2D eigenvalue weighted by molar-refractivity contribution is -0.127. The lowest BCUT2D eigenvalue weighted by Gasteiger charge is -2.28. The lowest BCUT2D eigenvalue weighted by Crippen LogP contribution is -2.40. The molecule has 1 amide bonds. The van der Waals surface area contributed by atoms with Gasteiger partial charge in [-0.25, -0.2) is 0 Å². The fourth-order valence-corrected chi connectivity index (χ4v) is 4.43. The van der Waals surface area contributed by atoms with E-state index in [1.807, 2.05) is 24.3 Å². The molecule has 1 aromatic carbocycles. The number of amides is 1. The predicted molar refractivity (Wildman–Crippen MR) is 80.5 cm³/mol. The van der Waals surface area contributed by atoms with E-state index in [0.717, 1.165) is 43.2 Å². The molecule has 4 heteroatoms. The van der Waals surface area contributed by atoms with Gasteiger partial charge >= 0.3 is 0 Å². The van der Waals surface area contributed by atoms with Crippen molar-refractivity contribution in [1.29, 1.82) is 5.26 Å². The monoisotopic (exact) mass is 296 g/mol. The van der Waals surface area contributed by atoms with Crippen LogP contribution in [0.1, 0.15) is 49.3 Å². The first-order valence-electron chi connectivity index (χ1n) is 8.09. The van der Waals surface area contributed by atoms with E-state index >= 15 is 0 Å². The van der Waals surface area contributed by atoms with E-state index in [2.05, 4.69) is 11.4 Å². The highest BCUT2D eigenvalue weighted by atomic mass is 16.5. The number of ether oxygens (including phenoxy) is 1. The highest BCUT2D eigenvalue weighted by Gasteiger charge is 2.72. The maximum atomic E-state index is 12.8. The molecule has 1 heterocycles. The van der Waals surface area contributed by atoms with Crippen LogP contribution in [0.15, 0.2) is 24.3 Å². The zero-order chi connectivity index (χ0) is 15.2. The molecule has 2 atom stereocenters. The number of nitrogens with one attached hydrogen (secondary N) is 1. The molecule has 114 valence electrons. The van der Waals surface area contributed by atoms with Crippen molar-refractivity contribution >= 4 is 5.91 Å². The van der Waals surface area contributed by atoms with Gasteiger partial charge in [-0.1, -0.05) is 37.1 Å². The van der Waals surface area contributed by atoms with E-state index in [-0.39, 0.29) is 17.4 Å². The van der Waals surface area contributed by atoms with Crippen molar-refractivity contribution in [3.63, 3.8) is 0 Å². The summed E-state index contributed by atoms with van der Waals surface area (Å²) in [6.07, 6.45) is 5.06. The van der Waals surface area contributed by atoms with E-state index in [9.17, 15) is 10.1 Å². The van der Waals surface area contributed by atoms with Gasteiger partial charge < -0.3 is 10.1 Å². The molecule has 0 unspecified atom stereocenters. The normalized spacial score (nSPS) is 31.3. The van der Waals surface area contributed by atoms with Crippen molar-refractivity contribution in [2.45, 2.75) is 44.8 Å². The van der Waals surface area contributed by atoms with Gasteiger partial charge in [0.25, 0.3) is 0 Å². The van der Waals surface area contributed by atoms with E-state index in [1.54, 1.807) is 0 Å². The topological polar surface area (TPSA) is 62.1 Å². The van der Waals surface area contributed by atoms with E-state index in [0.29, 0.717) is 13.2 Å². The molecule has 4 nitrogen and oxygen atoms in total. The van der Waals surface area contributed by atoms with Crippen molar-refractivity contribution < 1.29 is 9.53 Å². The second-order valence-electron chi connectivity index (χ2n) is 6.92. The summed E-state index contributed by atoms with van der Waals surface area (Å²) >= 11 is 0. The molecule has 0 bridgehead atoms. The van der Waals surface area contributed by atoms with Crippen LogP contribution in [0.4, 0.5) is 0 Å². The van der Waals surface area contributed by atoms with Crippen molar-refractivity contribution in [2.24, 2.45) is 10.8 Å². The van der Waals surface area contributed by atoms with Crippen LogP contribution < -0.4 is 5.32 Å². The number of fused-ring (bicyclic) bond motifs is 1. The number of nitrogens with zero attached hydrogens (tertiary/aromatic N) is 1. The number of hydrogen-bond donors (Lipinski definition) is 1. The predicted octanol–water partition coefficient (Wildman–Crippen LogP) is 2.85. The van der Waals surface area contributed by atoms with Gasteiger partial charge in [0.05, 0.1) is 25.3 Å². The molecule has 0 aromatic heterocycles. The maximum Gasteiger partial charge on any atom is 0.241 e. The van der Waals surface area contributed by atoms with Crippen LogP contribution >= 0.6 is 0 Å². The van der Waals surface area contributed by atoms with Crippen LogP contribution in [0, 0.1) is 22.2 Å². The Kier molecular flexibility index (Phi) is 3.02. The fourth-order valence-electron chi connectivity index (χ4n) is 4.43. The van der Waals surface area contributed by atoms with Crippen LogP contribution in [0.25, 0.3) is 0 Å². The van der Waals surface area contributed by atoms with Crippen LogP contribution in [-0.4, -0.2) is 12.5 Å². The van der Waals surface area contributed by atoms with Crippen molar-refractivity contribution in [2.75, 3.05) is 6.61 Å². The molecule has 1 N–H and O–H groups in total. The first-order valence-corrected chi connectivity index (χ1v) is 8.09. The smallest absolute Gasteiger partial charge is 0.241 e. The van der Waals surface area contributed by atoms with Crippen molar-refractivity contribution in [1.82, 2.24) is 5.32 Å². The Morgan fingerprint density at radius 2 is 2.09 bits per heavy atom. The Labute approximate surface area is 130 Å². The second kappa shape index (κ2) is 4.82. The number of carbonyl (C=O) groups is 1. The second-order valence-corrected chi connectivity index (χ2v) is 6.92. The Hall–Kier alpha value is -1.86. The largest absolute Gasteiger partial charge is 0.374 e. The van der Waals surface area contributed by atoms with Crippen LogP contribution in [0.2, 0.25) is 0 Å². The maximum absolute atomic E-state index is 12.8. The Balaban J connectivity index is 1.55. The summed E-state index contributed by atoms with van der Waals surface area (Å²) in [5.74, 6) is -0.0952. The summed E-state index contributed by atoms with van der Waals surface area (Å²) in [6, 6.07) is 10.2. The van der Waals surface area contributed by atoms with Gasteiger partial charge in [0.1, 0.15) is 5.41 Å². The number of rotatable bonds is 2. The van der Waals surface area contributed by atoms with Crippen LogP contribution in [0.5, 0.6) is 0 Å². The van der Waals surface area contributed by atoms with E-state index in [1.165, 1.54) is 0 Å². The van der Waals surface area contributed by atoms with Crippen LogP contribution in [0.3, 0.4) is 0 Å². The molecule has 0 radical (unpaired) electrons. The summed E-state index contributed by atoms with van der Waals surface area (Å²) < 4.78 is 5.60. The number of carbonyl (C=O) groups excluding carboxylic acids is 1. The molecular weight excluding hydrogens is 276 g/mol. The summed E-state index contributed by atoms with van der Waals surface area (Å²) in [5.41, 5.74) is 1.41. The van der Waals surface area contributed by atoms with Gasteiger partial charge in [0, 0.05) is 5.41 Å². The third-order valence-corrected chi connectivity index (χ3v) is 5.80. The Bertz CT molecular complexity index is 657. The molecule has 22 heavy (non-hydrogen) atoms. The van der Waals surface area contributed by atoms with Gasteiger partial charge in [-0.3, -0.25) is 4.79 Å². The van der Waals surface area contributed by atoms with Gasteiger partial charge in [0.2, 0.25) is 5.91 Å². The molecule has 1 aromatic rings. The zero-order valence-electron chi connectivity index (χ0n) is 12.6. The third kappa shape index (κ3) is 1.82. The highest BCUT2D eigenvalue weighted by molar-refractivity contribution is 5.90. The standard InChI is InChI=1S/C18H20N2O2/c19-12-18(11-17(18)7-3-4-8-17)16(21)20-15-10-22-9-13-5-1-2-6-14(13)15/h1-2,5-6,15H,3-4,7-11H2,(H,20,21)/t15-,18-/m0/s1. The Morgan fingerprint density at radius 3 is 2.86 bits per heavy atom. The van der Waals surface area contributed by atoms with E-state index in [4.69, 9.17) is 4.74 Å². The summed E-state index contributed by atoms with van der Waals surface area (Å²) in [4.78, 5) is 12.8. The van der Waals surface area contributed by atoms with Crippen LogP contribution in [-0.2, 0) is 16.1 Å². The third-order valence-electron chi connectivity index (χ3n) is 5.80. The Morgan fingerprint density at radius 1 is 1.32 bits per heavy atom. The summed E-state index contributed by atoms with van der Waals surface area (Å²) in [6.45, 7) is 1.08. The zero-order valence-corrected chi connectivity index (χ0v) is 12.6. The average molecular weight is 296 g/mol. The molecule has 4 rings (SSSR count). The minimum atomic E-state index is -0.796.